The van der Waals surface area contributed by atoms with Crippen molar-refractivity contribution in [1.82, 2.24) is 5.32 Å². The summed E-state index contributed by atoms with van der Waals surface area (Å²) in [4.78, 5) is 0. The molecule has 0 saturated heterocycles. The van der Waals surface area contributed by atoms with Gasteiger partial charge in [0.15, 0.2) is 17.5 Å². The van der Waals surface area contributed by atoms with Crippen LogP contribution in [0.4, 0.5) is 13.2 Å². The molecule has 0 heterocycles. The highest BCUT2D eigenvalue weighted by atomic mass is 19.2. The number of rotatable bonds is 4. The fraction of sp³-hybridized carbons (Fsp3) is 0.455. The van der Waals surface area contributed by atoms with Gasteiger partial charge in [0.05, 0.1) is 6.10 Å². The smallest absolute Gasteiger partial charge is 0.194 e. The number of hydrogen-bond acceptors (Lipinski definition) is 2. The van der Waals surface area contributed by atoms with Crippen LogP contribution in [0.2, 0.25) is 0 Å². The molecule has 1 aromatic rings. The van der Waals surface area contributed by atoms with Crippen molar-refractivity contribution < 1.29 is 18.3 Å². The molecule has 0 saturated carbocycles. The van der Waals surface area contributed by atoms with Crippen molar-refractivity contribution >= 4 is 0 Å². The monoisotopic (exact) mass is 233 g/mol. The minimum absolute atomic E-state index is 0.0830. The maximum Gasteiger partial charge on any atom is 0.194 e. The highest BCUT2D eigenvalue weighted by Gasteiger charge is 2.18. The molecule has 1 unspecified atom stereocenters. The summed E-state index contributed by atoms with van der Waals surface area (Å²) >= 11 is 0. The van der Waals surface area contributed by atoms with Gasteiger partial charge in [-0.25, -0.2) is 13.2 Å². The van der Waals surface area contributed by atoms with Crippen LogP contribution in [0.5, 0.6) is 0 Å². The molecule has 0 spiro atoms. The molecule has 0 aliphatic heterocycles. The zero-order valence-corrected chi connectivity index (χ0v) is 9.10. The van der Waals surface area contributed by atoms with E-state index in [9.17, 15) is 18.3 Å². The Morgan fingerprint density at radius 1 is 1.19 bits per heavy atom. The highest BCUT2D eigenvalue weighted by molar-refractivity contribution is 5.22. The Labute approximate surface area is 92.1 Å². The Morgan fingerprint density at radius 3 is 2.38 bits per heavy atom. The number of benzene rings is 1. The lowest BCUT2D eigenvalue weighted by Gasteiger charge is -2.15. The van der Waals surface area contributed by atoms with Crippen molar-refractivity contribution in [3.63, 3.8) is 0 Å². The Kier molecular flexibility index (Phi) is 4.32. The van der Waals surface area contributed by atoms with Gasteiger partial charge >= 0.3 is 0 Å². The van der Waals surface area contributed by atoms with E-state index in [1.165, 1.54) is 0 Å². The normalized spacial score (nSPS) is 13.2. The molecule has 5 heteroatoms. The molecule has 0 aliphatic rings. The average molecular weight is 233 g/mol. The topological polar surface area (TPSA) is 32.3 Å². The van der Waals surface area contributed by atoms with Gasteiger partial charge in [0.2, 0.25) is 0 Å². The Hall–Kier alpha value is -1.07. The molecule has 1 aromatic carbocycles. The lowest BCUT2D eigenvalue weighted by molar-refractivity contribution is 0.165. The summed E-state index contributed by atoms with van der Waals surface area (Å²) in [6.45, 7) is 3.79. The van der Waals surface area contributed by atoms with Crippen LogP contribution in [0.1, 0.15) is 25.5 Å². The van der Waals surface area contributed by atoms with Crippen molar-refractivity contribution in [3.05, 3.63) is 35.1 Å². The van der Waals surface area contributed by atoms with Gasteiger partial charge in [-0.15, -0.1) is 0 Å². The minimum atomic E-state index is -1.55. The van der Waals surface area contributed by atoms with Gasteiger partial charge in [0, 0.05) is 18.2 Å². The number of halogens is 3. The van der Waals surface area contributed by atoms with E-state index in [0.29, 0.717) is 0 Å². The third-order valence-corrected chi connectivity index (χ3v) is 2.14. The van der Waals surface area contributed by atoms with Crippen molar-refractivity contribution in [2.75, 3.05) is 6.54 Å². The second kappa shape index (κ2) is 5.32. The van der Waals surface area contributed by atoms with Crippen molar-refractivity contribution in [3.8, 4) is 0 Å². The van der Waals surface area contributed by atoms with Crippen LogP contribution in [0.15, 0.2) is 12.1 Å². The molecule has 2 nitrogen and oxygen atoms in total. The van der Waals surface area contributed by atoms with Gasteiger partial charge in [-0.1, -0.05) is 19.9 Å². The van der Waals surface area contributed by atoms with Crippen LogP contribution in [-0.2, 0) is 0 Å². The predicted molar refractivity (Wildman–Crippen MR) is 54.4 cm³/mol. The number of aliphatic hydroxyl groups is 1. The summed E-state index contributed by atoms with van der Waals surface area (Å²) in [5.41, 5.74) is -0.243. The molecule has 0 aliphatic carbocycles. The van der Waals surface area contributed by atoms with Crippen LogP contribution in [0.25, 0.3) is 0 Å². The average Bonchev–Trinajstić information content (AvgIpc) is 2.23. The fourth-order valence-electron chi connectivity index (χ4n) is 1.26. The minimum Gasteiger partial charge on any atom is -0.387 e. The van der Waals surface area contributed by atoms with Crippen molar-refractivity contribution in [2.24, 2.45) is 0 Å². The van der Waals surface area contributed by atoms with E-state index in [1.807, 2.05) is 13.8 Å². The van der Waals surface area contributed by atoms with Crippen LogP contribution in [0.3, 0.4) is 0 Å². The summed E-state index contributed by atoms with van der Waals surface area (Å²) in [6.07, 6.45) is -1.20. The molecular weight excluding hydrogens is 219 g/mol. The Bertz CT molecular complexity index is 368. The van der Waals surface area contributed by atoms with E-state index in [2.05, 4.69) is 5.32 Å². The zero-order valence-electron chi connectivity index (χ0n) is 9.10. The lowest BCUT2D eigenvalue weighted by Crippen LogP contribution is -2.28. The second-order valence-corrected chi connectivity index (χ2v) is 3.84. The van der Waals surface area contributed by atoms with Crippen LogP contribution >= 0.6 is 0 Å². The van der Waals surface area contributed by atoms with Gasteiger partial charge in [-0.3, -0.25) is 0 Å². The van der Waals surface area contributed by atoms with Crippen LogP contribution < -0.4 is 5.32 Å². The number of aliphatic hydroxyl groups excluding tert-OH is 1. The maximum absolute atomic E-state index is 13.2. The van der Waals surface area contributed by atoms with Crippen molar-refractivity contribution in [1.29, 1.82) is 0 Å². The van der Waals surface area contributed by atoms with Crippen LogP contribution in [0, 0.1) is 17.5 Å². The zero-order chi connectivity index (χ0) is 12.3. The van der Waals surface area contributed by atoms with E-state index < -0.39 is 23.6 Å². The first-order chi connectivity index (χ1) is 7.43. The summed E-state index contributed by atoms with van der Waals surface area (Å²) in [6, 6.07) is 1.95. The molecule has 0 radical (unpaired) electrons. The molecule has 1 atom stereocenters. The maximum atomic E-state index is 13.2. The molecule has 0 fully saturated rings. The fourth-order valence-corrected chi connectivity index (χ4v) is 1.26. The third-order valence-electron chi connectivity index (χ3n) is 2.14. The van der Waals surface area contributed by atoms with E-state index >= 15 is 0 Å². The SMILES string of the molecule is CC(C)NCC(O)c1ccc(F)c(F)c1F. The van der Waals surface area contributed by atoms with Gasteiger partial charge in [0.25, 0.3) is 0 Å². The van der Waals surface area contributed by atoms with Gasteiger partial charge < -0.3 is 10.4 Å². The highest BCUT2D eigenvalue weighted by Crippen LogP contribution is 2.20. The molecule has 0 bridgehead atoms. The molecule has 0 amide bonds. The molecule has 2 N–H and O–H groups in total. The summed E-state index contributed by atoms with van der Waals surface area (Å²) in [5, 5.41) is 12.4. The molecule has 0 aromatic heterocycles. The third kappa shape index (κ3) is 2.96. The van der Waals surface area contributed by atoms with Crippen molar-refractivity contribution in [2.45, 2.75) is 26.0 Å². The molecule has 90 valence electrons. The van der Waals surface area contributed by atoms with E-state index in [1.54, 1.807) is 0 Å². The number of nitrogens with one attached hydrogen (secondary N) is 1. The largest absolute Gasteiger partial charge is 0.387 e. The van der Waals surface area contributed by atoms with Crippen LogP contribution in [-0.4, -0.2) is 17.7 Å². The number of hydrogen-bond donors (Lipinski definition) is 2. The second-order valence-electron chi connectivity index (χ2n) is 3.84. The summed E-state index contributed by atoms with van der Waals surface area (Å²) in [5.74, 6) is -4.15. The summed E-state index contributed by atoms with van der Waals surface area (Å²) < 4.78 is 38.7. The van der Waals surface area contributed by atoms with E-state index in [0.717, 1.165) is 12.1 Å². The first-order valence-corrected chi connectivity index (χ1v) is 4.98. The first-order valence-electron chi connectivity index (χ1n) is 4.98. The quantitative estimate of drug-likeness (QED) is 0.781. The lowest BCUT2D eigenvalue weighted by atomic mass is 10.1. The Balaban J connectivity index is 2.84. The van der Waals surface area contributed by atoms with E-state index in [4.69, 9.17) is 0 Å². The van der Waals surface area contributed by atoms with E-state index in [-0.39, 0.29) is 18.2 Å². The molecule has 16 heavy (non-hydrogen) atoms. The van der Waals surface area contributed by atoms with Gasteiger partial charge in [0.1, 0.15) is 0 Å². The van der Waals surface area contributed by atoms with Gasteiger partial charge in [-0.05, 0) is 6.07 Å². The molecular formula is C11H14F3NO. The van der Waals surface area contributed by atoms with Gasteiger partial charge in [-0.2, -0.15) is 0 Å². The Morgan fingerprint density at radius 2 is 1.81 bits per heavy atom. The molecule has 1 rings (SSSR count). The summed E-state index contributed by atoms with van der Waals surface area (Å²) in [7, 11) is 0. The standard InChI is InChI=1S/C11H14F3NO/c1-6(2)15-5-9(16)7-3-4-8(12)11(14)10(7)13/h3-4,6,9,15-16H,5H2,1-2H3. The first kappa shape index (κ1) is 13.0. The predicted octanol–water partition coefficient (Wildman–Crippen LogP) is 2.14.